The highest BCUT2D eigenvalue weighted by Crippen LogP contribution is 2.33. The van der Waals surface area contributed by atoms with Crippen LogP contribution in [0.5, 0.6) is 11.5 Å². The molecule has 150 valence electrons. The quantitative estimate of drug-likeness (QED) is 0.582. The zero-order chi connectivity index (χ0) is 19.4. The van der Waals surface area contributed by atoms with Gasteiger partial charge in [0, 0.05) is 39.8 Å². The van der Waals surface area contributed by atoms with Gasteiger partial charge in [-0.25, -0.2) is 12.7 Å². The minimum atomic E-state index is -3.06. The van der Waals surface area contributed by atoms with Crippen LogP contribution in [0, 0.1) is 0 Å². The van der Waals surface area contributed by atoms with Gasteiger partial charge in [-0.1, -0.05) is 0 Å². The Kier molecular flexibility index (Phi) is 6.11. The monoisotopic (exact) mass is 396 g/mol. The summed E-state index contributed by atoms with van der Waals surface area (Å²) in [5.74, 6) is 2.52. The van der Waals surface area contributed by atoms with E-state index in [9.17, 15) is 8.42 Å². The minimum absolute atomic E-state index is 0.260. The van der Waals surface area contributed by atoms with Crippen molar-refractivity contribution in [1.29, 1.82) is 0 Å². The fourth-order valence-corrected chi connectivity index (χ4v) is 5.16. The SMILES string of the molecule is CN=C(NCCN1CCCS1(=O)=O)N1CCc2cc(OC)c(OC)cc2C1. The third-order valence-corrected chi connectivity index (χ3v) is 7.03. The van der Waals surface area contributed by atoms with Gasteiger partial charge in [-0.15, -0.1) is 0 Å². The number of aliphatic imine (C=N–C) groups is 1. The van der Waals surface area contributed by atoms with Crippen molar-refractivity contribution < 1.29 is 17.9 Å². The van der Waals surface area contributed by atoms with E-state index in [0.29, 0.717) is 26.1 Å². The Morgan fingerprint density at radius 1 is 1.19 bits per heavy atom. The number of hydrogen-bond donors (Lipinski definition) is 1. The lowest BCUT2D eigenvalue weighted by molar-refractivity contribution is 0.345. The van der Waals surface area contributed by atoms with Crippen LogP contribution in [0.2, 0.25) is 0 Å². The number of hydrogen-bond acceptors (Lipinski definition) is 5. The van der Waals surface area contributed by atoms with Crippen LogP contribution in [0.4, 0.5) is 0 Å². The molecule has 1 aromatic rings. The van der Waals surface area contributed by atoms with Crippen LogP contribution in [0.15, 0.2) is 17.1 Å². The Morgan fingerprint density at radius 3 is 2.48 bits per heavy atom. The fraction of sp³-hybridized carbons (Fsp3) is 0.611. The first kappa shape index (κ1) is 19.8. The van der Waals surface area contributed by atoms with Gasteiger partial charge < -0.3 is 19.7 Å². The molecule has 2 heterocycles. The zero-order valence-corrected chi connectivity index (χ0v) is 17.0. The molecule has 8 nitrogen and oxygen atoms in total. The Labute approximate surface area is 161 Å². The standard InChI is InChI=1S/C18H28N4O4S/c1-19-18(20-6-9-22-7-4-10-27(22,23)24)21-8-5-14-11-16(25-2)17(26-3)12-15(14)13-21/h11-12H,4-10,13H2,1-3H3,(H,19,20). The molecular formula is C18H28N4O4S. The number of nitrogens with one attached hydrogen (secondary N) is 1. The first-order valence-corrected chi connectivity index (χ1v) is 10.8. The second-order valence-corrected chi connectivity index (χ2v) is 8.78. The van der Waals surface area contributed by atoms with Crippen LogP contribution in [0.3, 0.4) is 0 Å². The molecule has 0 bridgehead atoms. The van der Waals surface area contributed by atoms with Crippen molar-refractivity contribution >= 4 is 16.0 Å². The van der Waals surface area contributed by atoms with Crippen molar-refractivity contribution in [2.24, 2.45) is 4.99 Å². The van der Waals surface area contributed by atoms with Crippen LogP contribution in [-0.2, 0) is 23.0 Å². The van der Waals surface area contributed by atoms with Crippen LogP contribution in [0.25, 0.3) is 0 Å². The molecule has 3 rings (SSSR count). The summed E-state index contributed by atoms with van der Waals surface area (Å²) in [6, 6.07) is 4.06. The molecule has 0 spiro atoms. The number of rotatable bonds is 5. The predicted molar refractivity (Wildman–Crippen MR) is 105 cm³/mol. The molecule has 0 unspecified atom stereocenters. The zero-order valence-electron chi connectivity index (χ0n) is 16.2. The van der Waals surface area contributed by atoms with E-state index in [-0.39, 0.29) is 5.75 Å². The van der Waals surface area contributed by atoms with Gasteiger partial charge in [0.15, 0.2) is 17.5 Å². The molecule has 2 aliphatic rings. The number of methoxy groups -OCH3 is 2. The maximum atomic E-state index is 11.9. The van der Waals surface area contributed by atoms with Crippen molar-refractivity contribution in [2.75, 3.05) is 53.2 Å². The molecule has 0 radical (unpaired) electrons. The highest BCUT2D eigenvalue weighted by Gasteiger charge is 2.28. The van der Waals surface area contributed by atoms with Crippen molar-refractivity contribution in [3.05, 3.63) is 23.3 Å². The fourth-order valence-electron chi connectivity index (χ4n) is 3.63. The van der Waals surface area contributed by atoms with Crippen molar-refractivity contribution in [3.8, 4) is 11.5 Å². The Morgan fingerprint density at radius 2 is 1.89 bits per heavy atom. The number of guanidine groups is 1. The van der Waals surface area contributed by atoms with Crippen LogP contribution >= 0.6 is 0 Å². The summed E-state index contributed by atoms with van der Waals surface area (Å²) in [5.41, 5.74) is 2.44. The first-order valence-electron chi connectivity index (χ1n) is 9.15. The van der Waals surface area contributed by atoms with E-state index in [0.717, 1.165) is 37.0 Å². The summed E-state index contributed by atoms with van der Waals surface area (Å²) in [7, 11) is 1.97. The number of nitrogens with zero attached hydrogens (tertiary/aromatic N) is 3. The van der Waals surface area contributed by atoms with Crippen LogP contribution in [0.1, 0.15) is 17.5 Å². The van der Waals surface area contributed by atoms with E-state index in [2.05, 4.69) is 15.2 Å². The molecule has 2 aliphatic heterocycles. The summed E-state index contributed by atoms with van der Waals surface area (Å²) >= 11 is 0. The molecular weight excluding hydrogens is 368 g/mol. The molecule has 27 heavy (non-hydrogen) atoms. The largest absolute Gasteiger partial charge is 0.493 e. The van der Waals surface area contributed by atoms with Gasteiger partial charge in [-0.3, -0.25) is 4.99 Å². The number of fused-ring (bicyclic) bond motifs is 1. The lowest BCUT2D eigenvalue weighted by atomic mass is 9.99. The van der Waals surface area contributed by atoms with E-state index in [1.54, 1.807) is 25.6 Å². The summed E-state index contributed by atoms with van der Waals surface area (Å²) in [4.78, 5) is 6.54. The Balaban J connectivity index is 1.62. The Bertz CT molecular complexity index is 810. The van der Waals surface area contributed by atoms with Crippen molar-refractivity contribution in [3.63, 3.8) is 0 Å². The van der Waals surface area contributed by atoms with E-state index >= 15 is 0 Å². The maximum Gasteiger partial charge on any atom is 0.214 e. The topological polar surface area (TPSA) is 83.5 Å². The van der Waals surface area contributed by atoms with Gasteiger partial charge >= 0.3 is 0 Å². The molecule has 1 saturated heterocycles. The molecule has 0 amide bonds. The molecule has 0 saturated carbocycles. The van der Waals surface area contributed by atoms with E-state index in [1.165, 1.54) is 11.1 Å². The van der Waals surface area contributed by atoms with E-state index in [4.69, 9.17) is 9.47 Å². The van der Waals surface area contributed by atoms with Crippen LogP contribution < -0.4 is 14.8 Å². The first-order chi connectivity index (χ1) is 13.0. The third kappa shape index (κ3) is 4.30. The summed E-state index contributed by atoms with van der Waals surface area (Å²) in [6.45, 7) is 3.18. The van der Waals surface area contributed by atoms with Crippen LogP contribution in [-0.4, -0.2) is 76.8 Å². The maximum absolute atomic E-state index is 11.9. The van der Waals surface area contributed by atoms with Crippen molar-refractivity contribution in [1.82, 2.24) is 14.5 Å². The molecule has 0 aliphatic carbocycles. The van der Waals surface area contributed by atoms with Gasteiger partial charge in [0.2, 0.25) is 10.0 Å². The van der Waals surface area contributed by atoms with Gasteiger partial charge in [-0.05, 0) is 36.1 Å². The minimum Gasteiger partial charge on any atom is -0.493 e. The van der Waals surface area contributed by atoms with Gasteiger partial charge in [0.05, 0.1) is 20.0 Å². The van der Waals surface area contributed by atoms with E-state index < -0.39 is 10.0 Å². The number of ether oxygens (including phenoxy) is 2. The predicted octanol–water partition coefficient (Wildman–Crippen LogP) is 0.673. The number of sulfonamides is 1. The molecule has 1 fully saturated rings. The lowest BCUT2D eigenvalue weighted by Gasteiger charge is -2.32. The molecule has 0 aromatic heterocycles. The summed E-state index contributed by atoms with van der Waals surface area (Å²) < 4.78 is 36.1. The average Bonchev–Trinajstić information content (AvgIpc) is 3.01. The smallest absolute Gasteiger partial charge is 0.214 e. The number of benzene rings is 1. The molecule has 9 heteroatoms. The van der Waals surface area contributed by atoms with Gasteiger partial charge in [-0.2, -0.15) is 0 Å². The summed E-state index contributed by atoms with van der Waals surface area (Å²) in [5, 5.41) is 3.30. The third-order valence-electron chi connectivity index (χ3n) is 5.08. The average molecular weight is 397 g/mol. The van der Waals surface area contributed by atoms with Crippen molar-refractivity contribution in [2.45, 2.75) is 19.4 Å². The molecule has 1 N–H and O–H groups in total. The molecule has 1 aromatic carbocycles. The van der Waals surface area contributed by atoms with E-state index in [1.807, 2.05) is 12.1 Å². The Hall–Kier alpha value is -2.00. The van der Waals surface area contributed by atoms with Gasteiger partial charge in [0.1, 0.15) is 0 Å². The summed E-state index contributed by atoms with van der Waals surface area (Å²) in [6.07, 6.45) is 1.60. The normalized spacial score (nSPS) is 19.7. The highest BCUT2D eigenvalue weighted by molar-refractivity contribution is 7.89. The molecule has 0 atom stereocenters. The van der Waals surface area contributed by atoms with Gasteiger partial charge in [0.25, 0.3) is 0 Å². The second-order valence-electron chi connectivity index (χ2n) is 6.69. The highest BCUT2D eigenvalue weighted by atomic mass is 32.2. The second kappa shape index (κ2) is 8.35. The lowest BCUT2D eigenvalue weighted by Crippen LogP contribution is -2.46.